The number of carboxylic acid groups (broad SMARTS) is 1. The number of nitrogens with one attached hydrogen (secondary N) is 1. The number of aliphatic carboxylic acids is 1. The third-order valence-corrected chi connectivity index (χ3v) is 2.49. The van der Waals surface area contributed by atoms with Gasteiger partial charge in [0.1, 0.15) is 12.1 Å². The van der Waals surface area contributed by atoms with Gasteiger partial charge in [0, 0.05) is 12.4 Å². The van der Waals surface area contributed by atoms with Gasteiger partial charge in [-0.3, -0.25) is 9.48 Å². The van der Waals surface area contributed by atoms with Crippen LogP contribution in [-0.4, -0.2) is 32.8 Å². The summed E-state index contributed by atoms with van der Waals surface area (Å²) in [6.07, 6.45) is 4.37. The van der Waals surface area contributed by atoms with E-state index in [1.165, 1.54) is 4.68 Å². The van der Waals surface area contributed by atoms with Crippen LogP contribution in [-0.2, 0) is 9.59 Å². The van der Waals surface area contributed by atoms with E-state index in [1.807, 2.05) is 6.92 Å². The van der Waals surface area contributed by atoms with Crippen LogP contribution in [0.4, 0.5) is 0 Å². The van der Waals surface area contributed by atoms with Gasteiger partial charge in [0.2, 0.25) is 5.91 Å². The van der Waals surface area contributed by atoms with E-state index >= 15 is 0 Å². The van der Waals surface area contributed by atoms with Crippen LogP contribution in [0.5, 0.6) is 0 Å². The first-order chi connectivity index (χ1) is 8.06. The average molecular weight is 239 g/mol. The highest BCUT2D eigenvalue weighted by atomic mass is 16.4. The van der Waals surface area contributed by atoms with Gasteiger partial charge in [0.15, 0.2) is 0 Å². The molecule has 0 spiro atoms. The molecular formula is C11H17N3O3. The summed E-state index contributed by atoms with van der Waals surface area (Å²) in [5.41, 5.74) is 0. The number of hydrogen-bond acceptors (Lipinski definition) is 3. The second kappa shape index (κ2) is 6.03. The maximum absolute atomic E-state index is 11.8. The molecule has 1 rings (SSSR count). The number of hydrogen-bond donors (Lipinski definition) is 2. The molecule has 0 aromatic carbocycles. The van der Waals surface area contributed by atoms with Gasteiger partial charge in [-0.1, -0.05) is 13.3 Å². The maximum Gasteiger partial charge on any atom is 0.326 e. The van der Waals surface area contributed by atoms with Crippen LogP contribution in [0.1, 0.15) is 32.7 Å². The summed E-state index contributed by atoms with van der Waals surface area (Å²) < 4.78 is 1.49. The minimum Gasteiger partial charge on any atom is -0.480 e. The Morgan fingerprint density at radius 3 is 2.71 bits per heavy atom. The molecular weight excluding hydrogens is 222 g/mol. The molecule has 0 aliphatic heterocycles. The lowest BCUT2D eigenvalue weighted by atomic mass is 10.1. The topological polar surface area (TPSA) is 84.2 Å². The van der Waals surface area contributed by atoms with E-state index in [0.29, 0.717) is 12.8 Å². The maximum atomic E-state index is 11.8. The van der Waals surface area contributed by atoms with Gasteiger partial charge in [-0.15, -0.1) is 0 Å². The predicted molar refractivity (Wildman–Crippen MR) is 61.4 cm³/mol. The van der Waals surface area contributed by atoms with Gasteiger partial charge in [-0.2, -0.15) is 5.10 Å². The summed E-state index contributed by atoms with van der Waals surface area (Å²) in [6.45, 7) is 3.55. The van der Waals surface area contributed by atoms with Gasteiger partial charge in [0.25, 0.3) is 0 Å². The third-order valence-electron chi connectivity index (χ3n) is 2.49. The van der Waals surface area contributed by atoms with E-state index in [2.05, 4.69) is 10.4 Å². The normalized spacial score (nSPS) is 14.0. The minimum absolute atomic E-state index is 0.338. The van der Waals surface area contributed by atoms with Gasteiger partial charge in [-0.25, -0.2) is 4.79 Å². The number of carbonyl (C=O) groups excluding carboxylic acids is 1. The van der Waals surface area contributed by atoms with Crippen LogP contribution in [0.3, 0.4) is 0 Å². The predicted octanol–water partition coefficient (Wildman–Crippen LogP) is 0.814. The Labute approximate surface area is 99.6 Å². The molecule has 6 nitrogen and oxygen atoms in total. The highest BCUT2D eigenvalue weighted by Crippen LogP contribution is 2.05. The van der Waals surface area contributed by atoms with Gasteiger partial charge in [0.05, 0.1) is 0 Å². The molecule has 0 aliphatic carbocycles. The lowest BCUT2D eigenvalue weighted by molar-refractivity contribution is -0.142. The van der Waals surface area contributed by atoms with Crippen molar-refractivity contribution < 1.29 is 14.7 Å². The van der Waals surface area contributed by atoms with Crippen molar-refractivity contribution in [3.05, 3.63) is 18.5 Å². The van der Waals surface area contributed by atoms with Crippen LogP contribution in [0.2, 0.25) is 0 Å². The van der Waals surface area contributed by atoms with Crippen molar-refractivity contribution >= 4 is 11.9 Å². The Morgan fingerprint density at radius 1 is 1.53 bits per heavy atom. The summed E-state index contributed by atoms with van der Waals surface area (Å²) in [5.74, 6) is -1.34. The molecule has 1 amide bonds. The van der Waals surface area contributed by atoms with Gasteiger partial charge in [-0.05, 0) is 19.4 Å². The van der Waals surface area contributed by atoms with Crippen molar-refractivity contribution in [1.82, 2.24) is 15.1 Å². The molecule has 1 heterocycles. The van der Waals surface area contributed by atoms with E-state index in [-0.39, 0.29) is 5.91 Å². The van der Waals surface area contributed by atoms with E-state index in [1.54, 1.807) is 25.4 Å². The Balaban J connectivity index is 2.61. The highest BCUT2D eigenvalue weighted by molar-refractivity contribution is 5.85. The first-order valence-electron chi connectivity index (χ1n) is 5.58. The van der Waals surface area contributed by atoms with E-state index in [0.717, 1.165) is 0 Å². The fourth-order valence-electron chi connectivity index (χ4n) is 1.47. The zero-order chi connectivity index (χ0) is 12.8. The molecule has 0 saturated heterocycles. The number of rotatable bonds is 6. The fraction of sp³-hybridized carbons (Fsp3) is 0.545. The molecule has 2 unspecified atom stereocenters. The standard InChI is InChI=1S/C11H17N3O3/c1-3-5-9(11(16)17)13-10(15)8(2)14-7-4-6-12-14/h4,6-9H,3,5H2,1-2H3,(H,13,15)(H,16,17). The largest absolute Gasteiger partial charge is 0.480 e. The van der Waals surface area contributed by atoms with Gasteiger partial charge >= 0.3 is 5.97 Å². The zero-order valence-electron chi connectivity index (χ0n) is 9.96. The number of carboxylic acids is 1. The molecule has 0 bridgehead atoms. The SMILES string of the molecule is CCCC(NC(=O)C(C)n1cccn1)C(=O)O. The fourth-order valence-corrected chi connectivity index (χ4v) is 1.47. The zero-order valence-corrected chi connectivity index (χ0v) is 9.96. The Morgan fingerprint density at radius 2 is 2.24 bits per heavy atom. The molecule has 6 heteroatoms. The molecule has 0 aliphatic rings. The monoisotopic (exact) mass is 239 g/mol. The molecule has 0 fully saturated rings. The summed E-state index contributed by atoms with van der Waals surface area (Å²) >= 11 is 0. The van der Waals surface area contributed by atoms with Crippen LogP contribution in [0.25, 0.3) is 0 Å². The third kappa shape index (κ3) is 3.58. The van der Waals surface area contributed by atoms with Crippen molar-refractivity contribution in [1.29, 1.82) is 0 Å². The van der Waals surface area contributed by atoms with E-state index in [4.69, 9.17) is 5.11 Å². The number of nitrogens with zero attached hydrogens (tertiary/aromatic N) is 2. The van der Waals surface area contributed by atoms with Crippen molar-refractivity contribution in [2.24, 2.45) is 0 Å². The average Bonchev–Trinajstić information content (AvgIpc) is 2.80. The van der Waals surface area contributed by atoms with Crippen LogP contribution in [0, 0.1) is 0 Å². The lowest BCUT2D eigenvalue weighted by Gasteiger charge is -2.17. The van der Waals surface area contributed by atoms with Crippen molar-refractivity contribution in [2.75, 3.05) is 0 Å². The van der Waals surface area contributed by atoms with Crippen LogP contribution >= 0.6 is 0 Å². The molecule has 2 atom stereocenters. The number of carbonyl (C=O) groups is 2. The quantitative estimate of drug-likeness (QED) is 0.769. The summed E-state index contributed by atoms with van der Waals surface area (Å²) in [7, 11) is 0. The van der Waals surface area contributed by atoms with Crippen molar-refractivity contribution in [2.45, 2.75) is 38.8 Å². The number of amides is 1. The van der Waals surface area contributed by atoms with E-state index in [9.17, 15) is 9.59 Å². The molecule has 1 aromatic heterocycles. The Kier molecular flexibility index (Phi) is 4.68. The number of aromatic nitrogens is 2. The molecule has 0 radical (unpaired) electrons. The molecule has 1 aromatic rings. The summed E-state index contributed by atoms with van der Waals surface area (Å²) in [6, 6.07) is 0.374. The Bertz CT molecular complexity index is 375. The van der Waals surface area contributed by atoms with Crippen molar-refractivity contribution in [3.8, 4) is 0 Å². The minimum atomic E-state index is -1.01. The molecule has 94 valence electrons. The smallest absolute Gasteiger partial charge is 0.326 e. The first-order valence-corrected chi connectivity index (χ1v) is 5.58. The van der Waals surface area contributed by atoms with Gasteiger partial charge < -0.3 is 10.4 Å². The second-order valence-corrected chi connectivity index (χ2v) is 3.85. The Hall–Kier alpha value is -1.85. The van der Waals surface area contributed by atoms with Crippen LogP contribution in [0.15, 0.2) is 18.5 Å². The first kappa shape index (κ1) is 13.2. The summed E-state index contributed by atoms with van der Waals surface area (Å²) in [4.78, 5) is 22.7. The molecule has 17 heavy (non-hydrogen) atoms. The van der Waals surface area contributed by atoms with Crippen LogP contribution < -0.4 is 5.32 Å². The lowest BCUT2D eigenvalue weighted by Crippen LogP contribution is -2.43. The second-order valence-electron chi connectivity index (χ2n) is 3.85. The molecule has 2 N–H and O–H groups in total. The molecule has 0 saturated carbocycles. The van der Waals surface area contributed by atoms with Crippen molar-refractivity contribution in [3.63, 3.8) is 0 Å². The summed E-state index contributed by atoms with van der Waals surface area (Å²) in [5, 5.41) is 15.4. The highest BCUT2D eigenvalue weighted by Gasteiger charge is 2.22. The van der Waals surface area contributed by atoms with E-state index < -0.39 is 18.1 Å².